The Labute approximate surface area is 177 Å². The van der Waals surface area contributed by atoms with Gasteiger partial charge in [0.05, 0.1) is 0 Å². The van der Waals surface area contributed by atoms with Crippen molar-refractivity contribution in [1.82, 2.24) is 0 Å². The Hall–Kier alpha value is 0.910. The molecule has 0 N–H and O–H groups in total. The van der Waals surface area contributed by atoms with Gasteiger partial charge in [-0.05, 0) is 18.5 Å². The van der Waals surface area contributed by atoms with Gasteiger partial charge in [0.2, 0.25) is 0 Å². The van der Waals surface area contributed by atoms with Crippen LogP contribution in [-0.2, 0) is 0 Å². The van der Waals surface area contributed by atoms with Crippen molar-refractivity contribution < 1.29 is 0 Å². The minimum Gasteiger partial charge on any atom is -0.134 e. The lowest BCUT2D eigenvalue weighted by molar-refractivity contribution is 0.521. The molecule has 26 heavy (non-hydrogen) atoms. The molecule has 0 spiro atoms. The van der Waals surface area contributed by atoms with Crippen molar-refractivity contribution in [2.24, 2.45) is 0 Å². The summed E-state index contributed by atoms with van der Waals surface area (Å²) in [5.41, 5.74) is 0.833. The van der Waals surface area contributed by atoms with Crippen LogP contribution in [0.1, 0.15) is 142 Å². The predicted octanol–water partition coefficient (Wildman–Crippen LogP) is 9.84. The molecule has 2 unspecified atom stereocenters. The highest BCUT2D eigenvalue weighted by molar-refractivity contribution is 9.09. The van der Waals surface area contributed by atoms with Gasteiger partial charge in [0.25, 0.3) is 0 Å². The average molecular weight is 450 g/mol. The quantitative estimate of drug-likeness (QED) is 0.0876. The summed E-state index contributed by atoms with van der Waals surface area (Å²) in [4.78, 5) is 0. The number of alkyl halides is 1. The van der Waals surface area contributed by atoms with E-state index in [1.54, 1.807) is 0 Å². The van der Waals surface area contributed by atoms with Crippen LogP contribution in [0.5, 0.6) is 0 Å². The Kier molecular flexibility index (Phi) is 24.8. The number of unbranched alkanes of at least 4 members (excludes halogenated alkanes) is 18. The highest BCUT2D eigenvalue weighted by Gasteiger charge is 2.00. The van der Waals surface area contributed by atoms with Crippen molar-refractivity contribution in [2.45, 2.75) is 147 Å². The van der Waals surface area contributed by atoms with E-state index in [0.29, 0.717) is 0 Å². The Morgan fingerprint density at radius 3 is 1.12 bits per heavy atom. The molecule has 0 aliphatic rings. The Balaban J connectivity index is 3.01. The van der Waals surface area contributed by atoms with Gasteiger partial charge in [-0.3, -0.25) is 0 Å². The molecule has 0 nitrogen and oxygen atoms in total. The van der Waals surface area contributed by atoms with Crippen LogP contribution in [0.4, 0.5) is 0 Å². The van der Waals surface area contributed by atoms with E-state index in [9.17, 15) is 0 Å². The van der Waals surface area contributed by atoms with E-state index in [4.69, 9.17) is 0 Å². The number of halogens is 1. The summed E-state index contributed by atoms with van der Waals surface area (Å²) in [5.74, 6) is 0. The van der Waals surface area contributed by atoms with Gasteiger partial charge in [-0.1, -0.05) is 145 Å². The largest absolute Gasteiger partial charge is 0.134 e. The molecule has 0 amide bonds. The first-order chi connectivity index (χ1) is 12.8. The molecule has 158 valence electrons. The number of hydrogen-bond donors (Lipinski definition) is 0. The van der Waals surface area contributed by atoms with Gasteiger partial charge in [-0.25, -0.2) is 0 Å². The SMILES string of the molecule is CCCCCCCCCCCCCCCCCCCCCC(P)CCBr. The maximum Gasteiger partial charge on any atom is 0.00371 e. The van der Waals surface area contributed by atoms with Crippen molar-refractivity contribution in [1.29, 1.82) is 0 Å². The van der Waals surface area contributed by atoms with E-state index in [-0.39, 0.29) is 0 Å². The summed E-state index contributed by atoms with van der Waals surface area (Å²) < 4.78 is 0. The molecular weight excluding hydrogens is 399 g/mol. The summed E-state index contributed by atoms with van der Waals surface area (Å²) in [5, 5.41) is 1.15. The molecule has 0 heterocycles. The molecule has 0 aliphatic carbocycles. The van der Waals surface area contributed by atoms with Crippen LogP contribution in [-0.4, -0.2) is 11.0 Å². The Morgan fingerprint density at radius 1 is 0.500 bits per heavy atom. The van der Waals surface area contributed by atoms with Crippen molar-refractivity contribution in [3.8, 4) is 0 Å². The molecule has 0 saturated heterocycles. The fourth-order valence-electron chi connectivity index (χ4n) is 3.77. The van der Waals surface area contributed by atoms with Gasteiger partial charge >= 0.3 is 0 Å². The van der Waals surface area contributed by atoms with Gasteiger partial charge < -0.3 is 0 Å². The van der Waals surface area contributed by atoms with E-state index in [2.05, 4.69) is 32.1 Å². The van der Waals surface area contributed by atoms with Crippen LogP contribution in [0, 0.1) is 0 Å². The lowest BCUT2D eigenvalue weighted by Gasteiger charge is -2.08. The zero-order chi connectivity index (χ0) is 19.1. The topological polar surface area (TPSA) is 0 Å². The van der Waals surface area contributed by atoms with E-state index in [1.807, 2.05) is 0 Å². The second-order valence-electron chi connectivity index (χ2n) is 8.39. The summed E-state index contributed by atoms with van der Waals surface area (Å²) in [6.07, 6.45) is 30.6. The van der Waals surface area contributed by atoms with Gasteiger partial charge in [0.1, 0.15) is 0 Å². The van der Waals surface area contributed by atoms with Crippen LogP contribution in [0.2, 0.25) is 0 Å². The first kappa shape index (κ1) is 26.9. The van der Waals surface area contributed by atoms with Crippen LogP contribution in [0.15, 0.2) is 0 Å². The molecule has 0 aromatic rings. The highest BCUT2D eigenvalue weighted by atomic mass is 79.9. The number of rotatable bonds is 22. The molecule has 0 aromatic carbocycles. The molecule has 2 heteroatoms. The zero-order valence-electron chi connectivity index (χ0n) is 18.1. The Morgan fingerprint density at radius 2 is 0.808 bits per heavy atom. The lowest BCUT2D eigenvalue weighted by Crippen LogP contribution is -1.97. The fourth-order valence-corrected chi connectivity index (χ4v) is 5.25. The lowest BCUT2D eigenvalue weighted by atomic mass is 10.0. The van der Waals surface area contributed by atoms with Crippen molar-refractivity contribution in [3.05, 3.63) is 0 Å². The van der Waals surface area contributed by atoms with E-state index < -0.39 is 0 Å². The molecular formula is C24H50BrP. The molecule has 0 radical (unpaired) electrons. The van der Waals surface area contributed by atoms with Crippen molar-refractivity contribution in [2.75, 3.05) is 5.33 Å². The average Bonchev–Trinajstić information content (AvgIpc) is 2.64. The standard InChI is InChI=1S/C24H50BrP/c1-2-3-4-5-6-7-8-9-10-11-12-13-14-15-16-17-18-19-20-21-24(26)22-23-25/h24H,2-23,26H2,1H3. The Bertz CT molecular complexity index is 244. The first-order valence-corrected chi connectivity index (χ1v) is 13.9. The van der Waals surface area contributed by atoms with Crippen molar-refractivity contribution in [3.63, 3.8) is 0 Å². The third kappa shape index (κ3) is 23.0. The molecule has 0 bridgehead atoms. The van der Waals surface area contributed by atoms with E-state index >= 15 is 0 Å². The maximum atomic E-state index is 3.53. The summed E-state index contributed by atoms with van der Waals surface area (Å²) in [6, 6.07) is 0. The molecule has 0 fully saturated rings. The zero-order valence-corrected chi connectivity index (χ0v) is 20.8. The second kappa shape index (κ2) is 23.9. The maximum absolute atomic E-state index is 3.53. The normalized spacial score (nSPS) is 12.6. The van der Waals surface area contributed by atoms with Gasteiger partial charge in [0, 0.05) is 5.33 Å². The fraction of sp³-hybridized carbons (Fsp3) is 1.00. The molecule has 0 aliphatic heterocycles. The van der Waals surface area contributed by atoms with E-state index in [0.717, 1.165) is 11.0 Å². The van der Waals surface area contributed by atoms with Crippen LogP contribution >= 0.6 is 25.2 Å². The highest BCUT2D eigenvalue weighted by Crippen LogP contribution is 2.18. The monoisotopic (exact) mass is 448 g/mol. The third-order valence-corrected chi connectivity index (χ3v) is 6.78. The molecule has 0 aromatic heterocycles. The third-order valence-electron chi connectivity index (χ3n) is 5.66. The minimum atomic E-state index is 0.833. The molecule has 0 saturated carbocycles. The van der Waals surface area contributed by atoms with Gasteiger partial charge in [-0.2, -0.15) is 0 Å². The predicted molar refractivity (Wildman–Crippen MR) is 130 cm³/mol. The summed E-state index contributed by atoms with van der Waals surface area (Å²) in [7, 11) is 3.00. The van der Waals surface area contributed by atoms with Crippen molar-refractivity contribution >= 4 is 25.2 Å². The molecule has 0 rings (SSSR count). The minimum absolute atomic E-state index is 0.833. The molecule has 2 atom stereocenters. The van der Waals surface area contributed by atoms with E-state index in [1.165, 1.54) is 135 Å². The number of hydrogen-bond acceptors (Lipinski definition) is 0. The van der Waals surface area contributed by atoms with Gasteiger partial charge in [0.15, 0.2) is 0 Å². The van der Waals surface area contributed by atoms with Crippen LogP contribution < -0.4 is 0 Å². The summed E-state index contributed by atoms with van der Waals surface area (Å²) >= 11 is 3.53. The second-order valence-corrected chi connectivity index (χ2v) is 10.1. The smallest absolute Gasteiger partial charge is 0.00371 e. The first-order valence-electron chi connectivity index (χ1n) is 12.1. The van der Waals surface area contributed by atoms with Gasteiger partial charge in [-0.15, -0.1) is 9.24 Å². The summed E-state index contributed by atoms with van der Waals surface area (Å²) in [6.45, 7) is 2.30. The van der Waals surface area contributed by atoms with Crippen LogP contribution in [0.25, 0.3) is 0 Å². The van der Waals surface area contributed by atoms with Crippen LogP contribution in [0.3, 0.4) is 0 Å².